The van der Waals surface area contributed by atoms with Crippen LogP contribution in [0.3, 0.4) is 0 Å². The molecule has 122 valence electrons. The predicted octanol–water partition coefficient (Wildman–Crippen LogP) is 3.12. The van der Waals surface area contributed by atoms with E-state index in [4.69, 9.17) is 9.26 Å². The molecule has 0 spiro atoms. The Balaban J connectivity index is 1.73. The lowest BCUT2D eigenvalue weighted by Crippen LogP contribution is -2.41. The molecule has 0 aliphatic carbocycles. The van der Waals surface area contributed by atoms with E-state index in [1.54, 1.807) is 0 Å². The molecule has 0 radical (unpaired) electrons. The largest absolute Gasteiger partial charge is 0.490 e. The number of hydrogen-bond donors (Lipinski definition) is 1. The quantitative estimate of drug-likeness (QED) is 0.945. The van der Waals surface area contributed by atoms with E-state index in [9.17, 15) is 4.79 Å². The van der Waals surface area contributed by atoms with Crippen LogP contribution in [0.1, 0.15) is 39.0 Å². The fourth-order valence-corrected chi connectivity index (χ4v) is 2.73. The summed E-state index contributed by atoms with van der Waals surface area (Å²) in [6, 6.07) is 7.81. The summed E-state index contributed by atoms with van der Waals surface area (Å²) in [5.74, 6) is 1.55. The number of aromatic nitrogens is 1. The van der Waals surface area contributed by atoms with E-state index in [1.165, 1.54) is 5.56 Å². The van der Waals surface area contributed by atoms with Crippen LogP contribution < -0.4 is 10.1 Å². The molecule has 1 atom stereocenters. The second-order valence-electron chi connectivity index (χ2n) is 7.11. The number of nitrogens with zero attached hydrogens (tertiary/aromatic N) is 1. The Kier molecular flexibility index (Phi) is 3.88. The third-order valence-electron chi connectivity index (χ3n) is 3.60. The maximum Gasteiger partial charge on any atom is 0.226 e. The molecule has 1 aromatic carbocycles. The van der Waals surface area contributed by atoms with Crippen molar-refractivity contribution in [3.63, 3.8) is 0 Å². The third-order valence-corrected chi connectivity index (χ3v) is 3.60. The Labute approximate surface area is 136 Å². The molecule has 1 aliphatic rings. The van der Waals surface area contributed by atoms with Crippen LogP contribution in [0.25, 0.3) is 11.3 Å². The van der Waals surface area contributed by atoms with Gasteiger partial charge in [-0.05, 0) is 51.5 Å². The highest BCUT2D eigenvalue weighted by atomic mass is 16.5. The van der Waals surface area contributed by atoms with Crippen LogP contribution in [-0.2, 0) is 17.6 Å². The lowest BCUT2D eigenvalue weighted by atomic mass is 10.0. The number of rotatable bonds is 3. The van der Waals surface area contributed by atoms with Crippen molar-refractivity contribution in [3.05, 3.63) is 35.5 Å². The maximum absolute atomic E-state index is 12.0. The highest BCUT2D eigenvalue weighted by molar-refractivity contribution is 5.79. The Morgan fingerprint density at radius 3 is 2.87 bits per heavy atom. The number of carbonyl (C=O) groups excluding carboxylic acids is 1. The topological polar surface area (TPSA) is 64.4 Å². The zero-order valence-electron chi connectivity index (χ0n) is 14.0. The summed E-state index contributed by atoms with van der Waals surface area (Å²) in [6.45, 7) is 7.91. The van der Waals surface area contributed by atoms with E-state index in [0.717, 1.165) is 17.7 Å². The van der Waals surface area contributed by atoms with Crippen LogP contribution in [-0.4, -0.2) is 22.7 Å². The monoisotopic (exact) mass is 314 g/mol. The average molecular weight is 314 g/mol. The fraction of sp³-hybridized carbons (Fsp3) is 0.444. The van der Waals surface area contributed by atoms with E-state index in [-0.39, 0.29) is 24.0 Å². The summed E-state index contributed by atoms with van der Waals surface area (Å²) in [4.78, 5) is 12.0. The van der Waals surface area contributed by atoms with Gasteiger partial charge in [-0.2, -0.15) is 0 Å². The minimum atomic E-state index is -0.250. The highest BCUT2D eigenvalue weighted by Gasteiger charge is 2.21. The van der Waals surface area contributed by atoms with E-state index in [0.29, 0.717) is 11.5 Å². The zero-order chi connectivity index (χ0) is 16.6. The molecule has 1 N–H and O–H groups in total. The zero-order valence-corrected chi connectivity index (χ0v) is 14.0. The molecule has 23 heavy (non-hydrogen) atoms. The number of ether oxygens (including phenoxy) is 1. The summed E-state index contributed by atoms with van der Waals surface area (Å²) in [5, 5.41) is 6.92. The van der Waals surface area contributed by atoms with Gasteiger partial charge in [-0.1, -0.05) is 5.16 Å². The van der Waals surface area contributed by atoms with Gasteiger partial charge in [0.1, 0.15) is 11.9 Å². The molecular formula is C18H22N2O3. The Morgan fingerprint density at radius 2 is 2.13 bits per heavy atom. The summed E-state index contributed by atoms with van der Waals surface area (Å²) < 4.78 is 11.1. The summed E-state index contributed by atoms with van der Waals surface area (Å²) in [6.07, 6.45) is 1.33. The standard InChI is InChI=1S/C18H22N2O3/c1-11-7-13-8-12(5-6-15(13)22-11)16-9-14(20-23-16)10-17(21)19-18(2,3)4/h5-6,8-9,11H,7,10H2,1-4H3,(H,19,21). The number of benzene rings is 1. The van der Waals surface area contributed by atoms with Gasteiger partial charge >= 0.3 is 0 Å². The number of carbonyl (C=O) groups is 1. The van der Waals surface area contributed by atoms with Gasteiger partial charge in [-0.25, -0.2) is 0 Å². The van der Waals surface area contributed by atoms with Gasteiger partial charge in [0.05, 0.1) is 12.1 Å². The van der Waals surface area contributed by atoms with Crippen LogP contribution >= 0.6 is 0 Å². The number of amides is 1. The molecule has 0 fully saturated rings. The van der Waals surface area contributed by atoms with Crippen molar-refractivity contribution in [3.8, 4) is 17.1 Å². The molecule has 2 heterocycles. The average Bonchev–Trinajstić information content (AvgIpc) is 3.00. The van der Waals surface area contributed by atoms with Gasteiger partial charge in [0.2, 0.25) is 5.91 Å². The smallest absolute Gasteiger partial charge is 0.226 e. The van der Waals surface area contributed by atoms with Crippen LogP contribution in [0.5, 0.6) is 5.75 Å². The summed E-state index contributed by atoms with van der Waals surface area (Å²) in [7, 11) is 0. The molecule has 0 saturated heterocycles. The highest BCUT2D eigenvalue weighted by Crippen LogP contribution is 2.33. The van der Waals surface area contributed by atoms with E-state index >= 15 is 0 Å². The molecule has 1 aliphatic heterocycles. The molecule has 1 amide bonds. The van der Waals surface area contributed by atoms with E-state index < -0.39 is 0 Å². The molecule has 0 saturated carbocycles. The SMILES string of the molecule is CC1Cc2cc(-c3cc(CC(=O)NC(C)(C)C)no3)ccc2O1. The van der Waals surface area contributed by atoms with Crippen molar-refractivity contribution in [2.75, 3.05) is 0 Å². The van der Waals surface area contributed by atoms with Crippen LogP contribution in [0.2, 0.25) is 0 Å². The molecule has 1 unspecified atom stereocenters. The van der Waals surface area contributed by atoms with Gasteiger partial charge in [0.25, 0.3) is 0 Å². The van der Waals surface area contributed by atoms with Crippen LogP contribution in [0.15, 0.2) is 28.8 Å². The van der Waals surface area contributed by atoms with E-state index in [1.807, 2.05) is 39.0 Å². The van der Waals surface area contributed by atoms with Crippen molar-refractivity contribution >= 4 is 5.91 Å². The van der Waals surface area contributed by atoms with Crippen molar-refractivity contribution in [2.45, 2.75) is 52.2 Å². The first kappa shape index (κ1) is 15.6. The summed E-state index contributed by atoms with van der Waals surface area (Å²) in [5.41, 5.74) is 2.52. The second kappa shape index (κ2) is 5.72. The van der Waals surface area contributed by atoms with Crippen LogP contribution in [0, 0.1) is 0 Å². The first-order valence-corrected chi connectivity index (χ1v) is 7.87. The fourth-order valence-electron chi connectivity index (χ4n) is 2.73. The maximum atomic E-state index is 12.0. The van der Waals surface area contributed by atoms with Crippen LogP contribution in [0.4, 0.5) is 0 Å². The number of nitrogens with one attached hydrogen (secondary N) is 1. The van der Waals surface area contributed by atoms with Gasteiger partial charge in [0.15, 0.2) is 5.76 Å². The van der Waals surface area contributed by atoms with Gasteiger partial charge in [-0.3, -0.25) is 4.79 Å². The minimum absolute atomic E-state index is 0.0615. The second-order valence-corrected chi connectivity index (χ2v) is 7.11. The molecule has 5 heteroatoms. The van der Waals surface area contributed by atoms with Crippen molar-refractivity contribution in [1.29, 1.82) is 0 Å². The van der Waals surface area contributed by atoms with Gasteiger partial charge in [-0.15, -0.1) is 0 Å². The first-order chi connectivity index (χ1) is 10.8. The molecule has 5 nitrogen and oxygen atoms in total. The van der Waals surface area contributed by atoms with Crippen molar-refractivity contribution < 1.29 is 14.1 Å². The van der Waals surface area contributed by atoms with Crippen molar-refractivity contribution in [2.24, 2.45) is 0 Å². The predicted molar refractivity (Wildman–Crippen MR) is 87.3 cm³/mol. The molecule has 2 aromatic rings. The lowest BCUT2D eigenvalue weighted by Gasteiger charge is -2.19. The Bertz CT molecular complexity index is 728. The first-order valence-electron chi connectivity index (χ1n) is 7.87. The van der Waals surface area contributed by atoms with Crippen molar-refractivity contribution in [1.82, 2.24) is 10.5 Å². The van der Waals surface area contributed by atoms with Gasteiger partial charge < -0.3 is 14.6 Å². The molecule has 0 bridgehead atoms. The minimum Gasteiger partial charge on any atom is -0.490 e. The summed E-state index contributed by atoms with van der Waals surface area (Å²) >= 11 is 0. The normalized spacial score (nSPS) is 16.8. The third kappa shape index (κ3) is 3.73. The molecular weight excluding hydrogens is 292 g/mol. The Hall–Kier alpha value is -2.30. The lowest BCUT2D eigenvalue weighted by molar-refractivity contribution is -0.121. The van der Waals surface area contributed by atoms with Gasteiger partial charge in [0, 0.05) is 23.6 Å². The Morgan fingerprint density at radius 1 is 1.35 bits per heavy atom. The number of hydrogen-bond acceptors (Lipinski definition) is 4. The molecule has 3 rings (SSSR count). The van der Waals surface area contributed by atoms with E-state index in [2.05, 4.69) is 23.5 Å². The molecule has 1 aromatic heterocycles. The number of fused-ring (bicyclic) bond motifs is 1.